The number of hydrogen-bond acceptors (Lipinski definition) is 3. The van der Waals surface area contributed by atoms with Crippen molar-refractivity contribution in [2.75, 3.05) is 5.32 Å². The van der Waals surface area contributed by atoms with E-state index in [4.69, 9.17) is 0 Å². The largest absolute Gasteiger partial charge is 0.342 e. The number of H-pyrrole nitrogens is 1. The van der Waals surface area contributed by atoms with E-state index in [1.807, 2.05) is 0 Å². The van der Waals surface area contributed by atoms with E-state index >= 15 is 0 Å². The Kier molecular flexibility index (Phi) is 2.49. The number of carbonyl (C=O) groups excluding carboxylic acids is 1. The van der Waals surface area contributed by atoms with E-state index in [2.05, 4.69) is 36.3 Å². The van der Waals surface area contributed by atoms with Crippen molar-refractivity contribution >= 4 is 11.6 Å². The summed E-state index contributed by atoms with van der Waals surface area (Å²) in [6, 6.07) is 0. The fourth-order valence-corrected chi connectivity index (χ4v) is 4.83. The molecule has 1 aromatic rings. The molecule has 0 atom stereocenters. The second-order valence-electron chi connectivity index (χ2n) is 7.78. The zero-order chi connectivity index (χ0) is 14.8. The maximum atomic E-state index is 12.9. The molecule has 2 N–H and O–H groups in total. The average Bonchev–Trinajstić information content (AvgIpc) is 2.96. The predicted octanol–water partition coefficient (Wildman–Crippen LogP) is 3.60. The molecule has 4 heteroatoms. The van der Waals surface area contributed by atoms with Gasteiger partial charge in [0, 0.05) is 34.4 Å². The molecule has 112 valence electrons. The molecule has 2 heterocycles. The van der Waals surface area contributed by atoms with Gasteiger partial charge in [-0.05, 0) is 31.6 Å². The first-order valence-corrected chi connectivity index (χ1v) is 8.02. The van der Waals surface area contributed by atoms with Gasteiger partial charge in [0.1, 0.15) is 0 Å². The monoisotopic (exact) mass is 285 g/mol. The Hall–Kier alpha value is -1.58. The maximum absolute atomic E-state index is 12.9. The molecule has 4 rings (SSSR count). The normalized spacial score (nSPS) is 25.8. The Bertz CT molecular complexity index is 660. The zero-order valence-electron chi connectivity index (χ0n) is 13.1. The standard InChI is InChI=1S/C17H23N3O/c1-10-13-15(20-19-10)18-11-8-16(2,3)9-12(21)14(11)17(13)6-4-5-7-17/h4-9H2,1-3H3,(H2,18,19,20). The average molecular weight is 285 g/mol. The van der Waals surface area contributed by atoms with Crippen LogP contribution in [0.1, 0.15) is 63.6 Å². The predicted molar refractivity (Wildman–Crippen MR) is 82.1 cm³/mol. The Morgan fingerprint density at radius 1 is 1.14 bits per heavy atom. The number of aromatic amines is 1. The fourth-order valence-electron chi connectivity index (χ4n) is 4.83. The number of fused-ring (bicyclic) bond motifs is 3. The van der Waals surface area contributed by atoms with Crippen LogP contribution in [0.4, 0.5) is 5.82 Å². The molecule has 3 aliphatic rings. The van der Waals surface area contributed by atoms with Crippen LogP contribution in [0.5, 0.6) is 0 Å². The van der Waals surface area contributed by atoms with E-state index in [0.29, 0.717) is 12.2 Å². The Morgan fingerprint density at radius 3 is 2.57 bits per heavy atom. The summed E-state index contributed by atoms with van der Waals surface area (Å²) in [5.74, 6) is 1.31. The molecule has 1 spiro atoms. The van der Waals surface area contributed by atoms with Crippen LogP contribution < -0.4 is 5.32 Å². The van der Waals surface area contributed by atoms with Gasteiger partial charge >= 0.3 is 0 Å². The van der Waals surface area contributed by atoms with Crippen LogP contribution in [-0.2, 0) is 10.2 Å². The van der Waals surface area contributed by atoms with Crippen LogP contribution in [0, 0.1) is 12.3 Å². The molecule has 1 aromatic heterocycles. The van der Waals surface area contributed by atoms with Crippen LogP contribution in [0.15, 0.2) is 11.3 Å². The highest BCUT2D eigenvalue weighted by Gasteiger charge is 2.51. The van der Waals surface area contributed by atoms with Crippen molar-refractivity contribution < 1.29 is 4.79 Å². The Labute approximate surface area is 125 Å². The third-order valence-electron chi connectivity index (χ3n) is 5.51. The number of allylic oxidation sites excluding steroid dienone is 2. The first kappa shape index (κ1) is 13.1. The summed E-state index contributed by atoms with van der Waals surface area (Å²) in [6.45, 7) is 6.45. The van der Waals surface area contributed by atoms with Gasteiger partial charge in [-0.15, -0.1) is 0 Å². The van der Waals surface area contributed by atoms with E-state index in [9.17, 15) is 4.79 Å². The molecule has 21 heavy (non-hydrogen) atoms. The number of aromatic nitrogens is 2. The molecular weight excluding hydrogens is 262 g/mol. The zero-order valence-corrected chi connectivity index (χ0v) is 13.1. The smallest absolute Gasteiger partial charge is 0.162 e. The molecule has 0 amide bonds. The molecule has 0 bridgehead atoms. The summed E-state index contributed by atoms with van der Waals surface area (Å²) in [6.07, 6.45) is 6.21. The topological polar surface area (TPSA) is 57.8 Å². The molecule has 1 aliphatic heterocycles. The van der Waals surface area contributed by atoms with E-state index < -0.39 is 0 Å². The molecule has 1 fully saturated rings. The summed E-state index contributed by atoms with van der Waals surface area (Å²) in [5, 5.41) is 11.1. The SMILES string of the molecule is Cc1[nH]nc2c1C1(CCCC1)C1=C(CC(C)(C)CC1=O)N2. The molecule has 0 aromatic carbocycles. The maximum Gasteiger partial charge on any atom is 0.162 e. The lowest BCUT2D eigenvalue weighted by Gasteiger charge is -2.43. The van der Waals surface area contributed by atoms with Crippen LogP contribution in [0.3, 0.4) is 0 Å². The lowest BCUT2D eigenvalue weighted by atomic mass is 9.62. The Balaban J connectivity index is 1.95. The second-order valence-corrected chi connectivity index (χ2v) is 7.78. The Morgan fingerprint density at radius 2 is 1.86 bits per heavy atom. The molecule has 0 radical (unpaired) electrons. The fraction of sp³-hybridized carbons (Fsp3) is 0.647. The molecule has 1 saturated carbocycles. The van der Waals surface area contributed by atoms with Gasteiger partial charge in [-0.1, -0.05) is 26.7 Å². The summed E-state index contributed by atoms with van der Waals surface area (Å²) < 4.78 is 0. The first-order valence-electron chi connectivity index (χ1n) is 8.02. The molecule has 4 nitrogen and oxygen atoms in total. The second kappa shape index (κ2) is 3.99. The van der Waals surface area contributed by atoms with Gasteiger partial charge in [0.05, 0.1) is 0 Å². The third-order valence-corrected chi connectivity index (χ3v) is 5.51. The van der Waals surface area contributed by atoms with Gasteiger partial charge in [-0.3, -0.25) is 9.89 Å². The number of aryl methyl sites for hydroxylation is 1. The van der Waals surface area contributed by atoms with E-state index in [0.717, 1.165) is 42.0 Å². The van der Waals surface area contributed by atoms with Crippen molar-refractivity contribution in [1.82, 2.24) is 10.2 Å². The number of rotatable bonds is 0. The number of anilines is 1. The van der Waals surface area contributed by atoms with E-state index in [-0.39, 0.29) is 10.8 Å². The molecule has 0 saturated heterocycles. The van der Waals surface area contributed by atoms with Crippen molar-refractivity contribution in [3.05, 3.63) is 22.5 Å². The molecule has 2 aliphatic carbocycles. The number of carbonyl (C=O) groups is 1. The van der Waals surface area contributed by atoms with Crippen molar-refractivity contribution in [2.45, 2.75) is 64.7 Å². The number of ketones is 1. The number of hydrogen-bond donors (Lipinski definition) is 2. The lowest BCUT2D eigenvalue weighted by Crippen LogP contribution is -2.41. The number of Topliss-reactive ketones (excluding diaryl/α,β-unsaturated/α-hetero) is 1. The molecule has 0 unspecified atom stereocenters. The van der Waals surface area contributed by atoms with Gasteiger partial charge in [-0.2, -0.15) is 5.10 Å². The minimum atomic E-state index is -0.0689. The van der Waals surface area contributed by atoms with Gasteiger partial charge in [0.2, 0.25) is 0 Å². The highest BCUT2D eigenvalue weighted by Crippen LogP contribution is 2.56. The minimum absolute atomic E-state index is 0.0472. The minimum Gasteiger partial charge on any atom is -0.342 e. The summed E-state index contributed by atoms with van der Waals surface area (Å²) in [5.41, 5.74) is 4.57. The van der Waals surface area contributed by atoms with Crippen molar-refractivity contribution in [3.63, 3.8) is 0 Å². The third kappa shape index (κ3) is 1.68. The highest BCUT2D eigenvalue weighted by molar-refractivity contribution is 6.02. The summed E-state index contributed by atoms with van der Waals surface area (Å²) in [7, 11) is 0. The molecular formula is C17H23N3O. The summed E-state index contributed by atoms with van der Waals surface area (Å²) >= 11 is 0. The van der Waals surface area contributed by atoms with E-state index in [1.54, 1.807) is 0 Å². The van der Waals surface area contributed by atoms with Crippen molar-refractivity contribution in [3.8, 4) is 0 Å². The van der Waals surface area contributed by atoms with Gasteiger partial charge in [0.25, 0.3) is 0 Å². The van der Waals surface area contributed by atoms with Crippen molar-refractivity contribution in [1.29, 1.82) is 0 Å². The highest BCUT2D eigenvalue weighted by atomic mass is 16.1. The lowest BCUT2D eigenvalue weighted by molar-refractivity contribution is -0.118. The van der Waals surface area contributed by atoms with Crippen LogP contribution in [0.2, 0.25) is 0 Å². The van der Waals surface area contributed by atoms with E-state index in [1.165, 1.54) is 18.4 Å². The van der Waals surface area contributed by atoms with Gasteiger partial charge in [0.15, 0.2) is 11.6 Å². The number of nitrogens with zero attached hydrogens (tertiary/aromatic N) is 1. The van der Waals surface area contributed by atoms with Crippen LogP contribution in [-0.4, -0.2) is 16.0 Å². The quantitative estimate of drug-likeness (QED) is 0.765. The van der Waals surface area contributed by atoms with Gasteiger partial charge < -0.3 is 5.32 Å². The first-order chi connectivity index (χ1) is 9.93. The van der Waals surface area contributed by atoms with Crippen LogP contribution >= 0.6 is 0 Å². The summed E-state index contributed by atoms with van der Waals surface area (Å²) in [4.78, 5) is 12.9. The van der Waals surface area contributed by atoms with Gasteiger partial charge in [-0.25, -0.2) is 0 Å². The number of nitrogens with one attached hydrogen (secondary N) is 2. The van der Waals surface area contributed by atoms with Crippen molar-refractivity contribution in [2.24, 2.45) is 5.41 Å². The van der Waals surface area contributed by atoms with Crippen LogP contribution in [0.25, 0.3) is 0 Å².